The number of rotatable bonds is 7. The average Bonchev–Trinajstić information content (AvgIpc) is 3.95. The molecule has 0 spiro atoms. The molecule has 2 aromatic heterocycles. The van der Waals surface area contributed by atoms with Gasteiger partial charge in [-0.15, -0.1) is 23.6 Å². The van der Waals surface area contributed by atoms with Crippen LogP contribution in [-0.4, -0.2) is 15.6 Å². The molecule has 0 N–H and O–H groups in total. The van der Waals surface area contributed by atoms with Gasteiger partial charge in [0.25, 0.3) is 5.69 Å². The number of fused-ring (bicyclic) bond motifs is 4. The van der Waals surface area contributed by atoms with Crippen LogP contribution in [0, 0.1) is 23.5 Å². The molecule has 0 fully saturated rings. The second-order valence-electron chi connectivity index (χ2n) is 25.5. The molecule has 0 amide bonds. The van der Waals surface area contributed by atoms with Crippen LogP contribution in [0.3, 0.4) is 0 Å². The number of ether oxygens (including phenoxy) is 1. The van der Waals surface area contributed by atoms with E-state index in [9.17, 15) is 5.26 Å². The number of nitrogens with zero attached hydrogens (tertiary/aromatic N) is 5. The monoisotopic (exact) mass is 1180 g/mol. The number of para-hydroxylation sites is 1. The van der Waals surface area contributed by atoms with Crippen molar-refractivity contribution in [3.05, 3.63) is 191 Å². The second kappa shape index (κ2) is 19.5. The van der Waals surface area contributed by atoms with Crippen LogP contribution in [0.1, 0.15) is 137 Å². The molecule has 0 radical (unpaired) electrons. The Morgan fingerprint density at radius 3 is 1.71 bits per heavy atom. The van der Waals surface area contributed by atoms with Gasteiger partial charge in [-0.1, -0.05) is 181 Å². The van der Waals surface area contributed by atoms with Crippen LogP contribution >= 0.6 is 0 Å². The first-order valence-corrected chi connectivity index (χ1v) is 26.2. The van der Waals surface area contributed by atoms with Crippen molar-refractivity contribution in [2.45, 2.75) is 131 Å². The molecule has 0 atom stereocenters. The summed E-state index contributed by atoms with van der Waals surface area (Å²) in [5, 5.41) is 11.9. The molecule has 0 saturated carbocycles. The zero-order valence-electron chi connectivity index (χ0n) is 46.8. The summed E-state index contributed by atoms with van der Waals surface area (Å²) in [7, 11) is 0. The third kappa shape index (κ3) is 10.4. The molecule has 0 bridgehead atoms. The van der Waals surface area contributed by atoms with Crippen molar-refractivity contribution >= 4 is 50.6 Å². The Balaban J connectivity index is 0.00000706. The van der Waals surface area contributed by atoms with Crippen LogP contribution in [0.15, 0.2) is 146 Å². The van der Waals surface area contributed by atoms with E-state index in [0.29, 0.717) is 17.1 Å². The summed E-state index contributed by atoms with van der Waals surface area (Å²) >= 11 is 0. The van der Waals surface area contributed by atoms with E-state index in [1.807, 2.05) is 54.7 Å². The Morgan fingerprint density at radius 1 is 0.526 bits per heavy atom. The maximum absolute atomic E-state index is 9.68. The van der Waals surface area contributed by atoms with Gasteiger partial charge < -0.3 is 9.30 Å². The molecule has 6 nitrogen and oxygen atoms in total. The number of hydrogen-bond donors (Lipinski definition) is 0. The first kappa shape index (κ1) is 53.7. The standard InChI is InChI=1S/C69H69N5O.Pt/c1-65(2,3)48-30-31-71-63(39-48)74-60-29-26-46(47-32-49(66(4,5)6)35-50(33-47)67(7,8)9)34-59(60)58-28-27-56(41-62(58)74)75-55-19-16-18-53(40-55)72-43-73(54-37-51(68(10,11)12)36-52(38-54)69(13,14)15)64-57(20-17-21-61(64)72)45-24-22-44(42-70)23-25-45;/h16-39H,1-15H3;/q;+2. The van der Waals surface area contributed by atoms with Gasteiger partial charge in [-0.05, 0) is 118 Å². The summed E-state index contributed by atoms with van der Waals surface area (Å²) < 4.78 is 13.3. The fourth-order valence-corrected chi connectivity index (χ4v) is 9.90. The Morgan fingerprint density at radius 2 is 1.11 bits per heavy atom. The Labute approximate surface area is 465 Å². The minimum absolute atomic E-state index is 0. The molecule has 76 heavy (non-hydrogen) atoms. The summed E-state index contributed by atoms with van der Waals surface area (Å²) in [6, 6.07) is 63.0. The third-order valence-corrected chi connectivity index (χ3v) is 14.6. The molecule has 3 heterocycles. The molecular formula is C69H69N5OPt+2. The predicted molar refractivity (Wildman–Crippen MR) is 313 cm³/mol. The summed E-state index contributed by atoms with van der Waals surface area (Å²) in [6.45, 7) is 34.0. The van der Waals surface area contributed by atoms with Crippen LogP contribution in [0.2, 0.25) is 0 Å². The van der Waals surface area contributed by atoms with E-state index in [2.05, 4.69) is 233 Å². The maximum atomic E-state index is 9.68. The molecule has 384 valence electrons. The van der Waals surface area contributed by atoms with E-state index < -0.39 is 0 Å². The summed E-state index contributed by atoms with van der Waals surface area (Å²) in [6.07, 6.45) is 1.92. The van der Waals surface area contributed by atoms with Gasteiger partial charge in [-0.3, -0.25) is 0 Å². The first-order chi connectivity index (χ1) is 35.2. The second-order valence-corrected chi connectivity index (χ2v) is 25.5. The van der Waals surface area contributed by atoms with E-state index >= 15 is 0 Å². The zero-order chi connectivity index (χ0) is 53.6. The van der Waals surface area contributed by atoms with Gasteiger partial charge in [0.2, 0.25) is 5.69 Å². The van der Waals surface area contributed by atoms with Crippen molar-refractivity contribution in [1.29, 1.82) is 5.26 Å². The van der Waals surface area contributed by atoms with Gasteiger partial charge in [0.15, 0.2) is 0 Å². The van der Waals surface area contributed by atoms with Crippen LogP contribution in [0.5, 0.6) is 11.5 Å². The Kier molecular flexibility index (Phi) is 13.7. The number of hydrogen-bond acceptors (Lipinski definition) is 3. The van der Waals surface area contributed by atoms with E-state index in [0.717, 1.165) is 67.1 Å². The van der Waals surface area contributed by atoms with Gasteiger partial charge in [0, 0.05) is 41.4 Å². The predicted octanol–water partition coefficient (Wildman–Crippen LogP) is 18.1. The van der Waals surface area contributed by atoms with Crippen LogP contribution in [0.25, 0.3) is 49.9 Å². The quantitative estimate of drug-likeness (QED) is 0.118. The molecule has 7 aromatic carbocycles. The SMILES string of the molecule is CC(C)(C)c1cc(-c2ccc3c(c2)c2ccc(Oc4[c-]c([N+]5=C=[N+](c6cc(C(C)(C)C)cc(C(C)(C)C)c6)c6c(-c7ccc(C#N)cc7)cccc65)ccc4)[c-]c2n3-c2cc(C(C)(C)C)ccn2)cc(C(C)(C)C)c1.[Pt+2]. The van der Waals surface area contributed by atoms with Crippen molar-refractivity contribution < 1.29 is 25.8 Å². The van der Waals surface area contributed by atoms with E-state index in [1.54, 1.807) is 0 Å². The largest absolute Gasteiger partial charge is 2.00 e. The van der Waals surface area contributed by atoms with Crippen molar-refractivity contribution in [2.24, 2.45) is 0 Å². The molecule has 1 aliphatic rings. The summed E-state index contributed by atoms with van der Waals surface area (Å²) in [4.78, 5) is 5.00. The van der Waals surface area contributed by atoms with Gasteiger partial charge in [0.1, 0.15) is 11.5 Å². The first-order valence-electron chi connectivity index (χ1n) is 26.2. The zero-order valence-corrected chi connectivity index (χ0v) is 49.1. The molecule has 9 aromatic rings. The van der Waals surface area contributed by atoms with Gasteiger partial charge >= 0.3 is 32.8 Å². The van der Waals surface area contributed by atoms with Crippen LogP contribution in [-0.2, 0) is 48.1 Å². The fraction of sp³-hybridized carbons (Fsp3) is 0.290. The van der Waals surface area contributed by atoms with Crippen molar-refractivity contribution in [3.63, 3.8) is 0 Å². The average molecular weight is 1180 g/mol. The minimum atomic E-state index is -0.0935. The Hall–Kier alpha value is -7.15. The molecule has 0 unspecified atom stereocenters. The van der Waals surface area contributed by atoms with Crippen molar-refractivity contribution in [3.8, 4) is 45.6 Å². The fourth-order valence-electron chi connectivity index (χ4n) is 9.90. The van der Waals surface area contributed by atoms with Crippen molar-refractivity contribution in [1.82, 2.24) is 18.7 Å². The molecule has 7 heteroatoms. The molecule has 0 aliphatic carbocycles. The normalized spacial score (nSPS) is 13.0. The van der Waals surface area contributed by atoms with E-state index in [-0.39, 0.29) is 48.1 Å². The molecule has 1 aliphatic heterocycles. The van der Waals surface area contributed by atoms with Gasteiger partial charge in [0.05, 0.1) is 17.2 Å². The van der Waals surface area contributed by atoms with Gasteiger partial charge in [-0.2, -0.15) is 17.4 Å². The number of benzene rings is 7. The summed E-state index contributed by atoms with van der Waals surface area (Å²) in [5.41, 5.74) is 16.7. The van der Waals surface area contributed by atoms with Crippen LogP contribution < -0.4 is 13.9 Å². The summed E-state index contributed by atoms with van der Waals surface area (Å²) in [5.74, 6) is 1.94. The van der Waals surface area contributed by atoms with E-state index in [4.69, 9.17) is 9.72 Å². The molecule has 0 saturated heterocycles. The molecular weight excluding hydrogens is 1110 g/mol. The smallest absolute Gasteiger partial charge is 0.509 e. The van der Waals surface area contributed by atoms with Gasteiger partial charge in [-0.25, -0.2) is 4.98 Å². The minimum Gasteiger partial charge on any atom is -0.509 e. The van der Waals surface area contributed by atoms with Crippen molar-refractivity contribution in [2.75, 3.05) is 0 Å². The third-order valence-electron chi connectivity index (χ3n) is 14.6. The maximum Gasteiger partial charge on any atom is 2.00 e. The molecule has 10 rings (SSSR count). The van der Waals surface area contributed by atoms with Crippen LogP contribution in [0.4, 0.5) is 22.7 Å². The number of aromatic nitrogens is 2. The topological polar surface area (TPSA) is 56.9 Å². The number of nitriles is 1. The Bertz CT molecular complexity index is 3800. The number of pyridine rings is 1. The van der Waals surface area contributed by atoms with E-state index in [1.165, 1.54) is 33.4 Å².